The van der Waals surface area contributed by atoms with Crippen LogP contribution in [0.2, 0.25) is 0 Å². The lowest BCUT2D eigenvalue weighted by atomic mass is 10.2. The molecule has 1 aliphatic rings. The van der Waals surface area contributed by atoms with Gasteiger partial charge in [-0.1, -0.05) is 6.92 Å². The van der Waals surface area contributed by atoms with E-state index >= 15 is 0 Å². The average Bonchev–Trinajstić information content (AvgIpc) is 2.48. The minimum absolute atomic E-state index is 0.0322. The van der Waals surface area contributed by atoms with Gasteiger partial charge in [0.05, 0.1) is 35.2 Å². The number of sulfone groups is 1. The molecule has 1 heterocycles. The Morgan fingerprint density at radius 2 is 2.05 bits per heavy atom. The standard InChI is InChI=1S/C13H18N2O4S/c1-2-20(17,18)11-3-4-13(12(9-11)14-10-16)15-5-7-19-8-6-15/h3-4,9-10H,2,5-8H2,1H3,(H,14,16). The smallest absolute Gasteiger partial charge is 0.211 e. The van der Waals surface area contributed by atoms with Gasteiger partial charge < -0.3 is 15.0 Å². The highest BCUT2D eigenvalue weighted by atomic mass is 32.2. The molecule has 20 heavy (non-hydrogen) atoms. The zero-order valence-corrected chi connectivity index (χ0v) is 12.1. The highest BCUT2D eigenvalue weighted by molar-refractivity contribution is 7.91. The molecule has 0 spiro atoms. The number of carbonyl (C=O) groups excluding carboxylic acids is 1. The number of hydrogen-bond acceptors (Lipinski definition) is 5. The predicted molar refractivity (Wildman–Crippen MR) is 76.9 cm³/mol. The van der Waals surface area contributed by atoms with Crippen molar-refractivity contribution >= 4 is 27.6 Å². The molecule has 0 aliphatic carbocycles. The predicted octanol–water partition coefficient (Wildman–Crippen LogP) is 0.885. The molecule has 1 aliphatic heterocycles. The van der Waals surface area contributed by atoms with Crippen molar-refractivity contribution in [1.29, 1.82) is 0 Å². The van der Waals surface area contributed by atoms with Crippen LogP contribution >= 0.6 is 0 Å². The summed E-state index contributed by atoms with van der Waals surface area (Å²) in [5.41, 5.74) is 1.33. The van der Waals surface area contributed by atoms with E-state index in [1.54, 1.807) is 19.1 Å². The number of nitrogens with zero attached hydrogens (tertiary/aromatic N) is 1. The Balaban J connectivity index is 2.39. The molecule has 1 N–H and O–H groups in total. The van der Waals surface area contributed by atoms with E-state index in [0.29, 0.717) is 38.4 Å². The van der Waals surface area contributed by atoms with E-state index in [1.165, 1.54) is 6.07 Å². The van der Waals surface area contributed by atoms with Gasteiger partial charge >= 0.3 is 0 Å². The van der Waals surface area contributed by atoms with E-state index in [9.17, 15) is 13.2 Å². The van der Waals surface area contributed by atoms with Crippen LogP contribution in [0, 0.1) is 0 Å². The average molecular weight is 298 g/mol. The minimum atomic E-state index is -3.29. The van der Waals surface area contributed by atoms with Gasteiger partial charge in [0.15, 0.2) is 9.84 Å². The molecule has 110 valence electrons. The first-order valence-corrected chi connectivity index (χ1v) is 8.13. The molecule has 2 rings (SSSR count). The molecule has 0 atom stereocenters. The molecule has 0 aromatic heterocycles. The fourth-order valence-corrected chi connectivity index (χ4v) is 3.04. The number of anilines is 2. The van der Waals surface area contributed by atoms with E-state index in [-0.39, 0.29) is 10.6 Å². The quantitative estimate of drug-likeness (QED) is 0.817. The fourth-order valence-electron chi connectivity index (χ4n) is 2.13. The molecule has 6 nitrogen and oxygen atoms in total. The summed E-state index contributed by atoms with van der Waals surface area (Å²) in [7, 11) is -3.29. The van der Waals surface area contributed by atoms with Crippen molar-refractivity contribution in [1.82, 2.24) is 0 Å². The lowest BCUT2D eigenvalue weighted by Gasteiger charge is -2.30. The van der Waals surface area contributed by atoms with E-state index < -0.39 is 9.84 Å². The van der Waals surface area contributed by atoms with E-state index in [2.05, 4.69) is 10.2 Å². The van der Waals surface area contributed by atoms with Crippen LogP contribution in [0.25, 0.3) is 0 Å². The summed E-state index contributed by atoms with van der Waals surface area (Å²) >= 11 is 0. The van der Waals surface area contributed by atoms with Gasteiger partial charge in [-0.3, -0.25) is 4.79 Å². The van der Waals surface area contributed by atoms with Gasteiger partial charge in [0.25, 0.3) is 0 Å². The third-order valence-electron chi connectivity index (χ3n) is 3.27. The third kappa shape index (κ3) is 3.10. The zero-order chi connectivity index (χ0) is 14.6. The van der Waals surface area contributed by atoms with Crippen LogP contribution in [0.4, 0.5) is 11.4 Å². The first kappa shape index (κ1) is 14.8. The molecule has 0 saturated carbocycles. The number of nitrogens with one attached hydrogen (secondary N) is 1. The highest BCUT2D eigenvalue weighted by Crippen LogP contribution is 2.29. The fraction of sp³-hybridized carbons (Fsp3) is 0.462. The summed E-state index contributed by atoms with van der Waals surface area (Å²) in [5, 5.41) is 2.58. The SMILES string of the molecule is CCS(=O)(=O)c1ccc(N2CCOCC2)c(NC=O)c1. The van der Waals surface area contributed by atoms with E-state index in [1.807, 2.05) is 0 Å². The van der Waals surface area contributed by atoms with Crippen molar-refractivity contribution in [2.24, 2.45) is 0 Å². The monoisotopic (exact) mass is 298 g/mol. The molecule has 0 bridgehead atoms. The van der Waals surface area contributed by atoms with Crippen molar-refractivity contribution in [2.45, 2.75) is 11.8 Å². The summed E-state index contributed by atoms with van der Waals surface area (Å²) in [6.07, 6.45) is 0.557. The second-order valence-corrected chi connectivity index (χ2v) is 6.72. The van der Waals surface area contributed by atoms with Crippen molar-refractivity contribution in [3.63, 3.8) is 0 Å². The summed E-state index contributed by atoms with van der Waals surface area (Å²) in [6.45, 7) is 4.27. The van der Waals surface area contributed by atoms with Gasteiger partial charge in [-0.05, 0) is 18.2 Å². The van der Waals surface area contributed by atoms with Crippen LogP contribution in [-0.4, -0.2) is 46.9 Å². The summed E-state index contributed by atoms with van der Waals surface area (Å²) in [6, 6.07) is 4.83. The molecular formula is C13H18N2O4S. The van der Waals surface area contributed by atoms with Crippen LogP contribution in [0.1, 0.15) is 6.92 Å². The topological polar surface area (TPSA) is 75.7 Å². The van der Waals surface area contributed by atoms with Crippen molar-refractivity contribution < 1.29 is 17.9 Å². The number of hydrogen-bond donors (Lipinski definition) is 1. The van der Waals surface area contributed by atoms with Gasteiger partial charge in [-0.25, -0.2) is 8.42 Å². The maximum atomic E-state index is 11.9. The maximum absolute atomic E-state index is 11.9. The molecular weight excluding hydrogens is 280 g/mol. The Kier molecular flexibility index (Phi) is 4.61. The molecule has 1 aromatic rings. The Hall–Kier alpha value is -1.60. The van der Waals surface area contributed by atoms with Crippen molar-refractivity contribution in [3.8, 4) is 0 Å². The molecule has 0 unspecified atom stereocenters. The number of amides is 1. The second-order valence-electron chi connectivity index (χ2n) is 4.44. The van der Waals surface area contributed by atoms with Crippen LogP contribution in [-0.2, 0) is 19.4 Å². The summed E-state index contributed by atoms with van der Waals surface area (Å²) in [5.74, 6) is 0.0322. The molecule has 1 aromatic carbocycles. The third-order valence-corrected chi connectivity index (χ3v) is 5.01. The molecule has 1 fully saturated rings. The minimum Gasteiger partial charge on any atom is -0.378 e. The molecule has 0 radical (unpaired) electrons. The number of rotatable bonds is 5. The van der Waals surface area contributed by atoms with Gasteiger partial charge in [-0.2, -0.15) is 0 Å². The number of morpholine rings is 1. The lowest BCUT2D eigenvalue weighted by Crippen LogP contribution is -2.36. The highest BCUT2D eigenvalue weighted by Gasteiger charge is 2.18. The van der Waals surface area contributed by atoms with Crippen LogP contribution in [0.15, 0.2) is 23.1 Å². The molecule has 1 amide bonds. The van der Waals surface area contributed by atoms with Crippen LogP contribution in [0.5, 0.6) is 0 Å². The summed E-state index contributed by atoms with van der Waals surface area (Å²) in [4.78, 5) is 13.0. The Labute approximate surface area is 118 Å². The zero-order valence-electron chi connectivity index (χ0n) is 11.3. The van der Waals surface area contributed by atoms with Crippen LogP contribution in [0.3, 0.4) is 0 Å². The van der Waals surface area contributed by atoms with Gasteiger partial charge in [-0.15, -0.1) is 0 Å². The Bertz CT molecular complexity index is 580. The Morgan fingerprint density at radius 1 is 1.35 bits per heavy atom. The van der Waals surface area contributed by atoms with E-state index in [0.717, 1.165) is 5.69 Å². The van der Waals surface area contributed by atoms with Gasteiger partial charge in [0.2, 0.25) is 6.41 Å². The normalized spacial score (nSPS) is 15.9. The number of carbonyl (C=O) groups is 1. The van der Waals surface area contributed by atoms with Crippen molar-refractivity contribution in [3.05, 3.63) is 18.2 Å². The number of benzene rings is 1. The second kappa shape index (κ2) is 6.23. The number of ether oxygens (including phenoxy) is 1. The lowest BCUT2D eigenvalue weighted by molar-refractivity contribution is -0.105. The van der Waals surface area contributed by atoms with Crippen LogP contribution < -0.4 is 10.2 Å². The first-order valence-electron chi connectivity index (χ1n) is 6.48. The van der Waals surface area contributed by atoms with Gasteiger partial charge in [0, 0.05) is 13.1 Å². The summed E-state index contributed by atoms with van der Waals surface area (Å²) < 4.78 is 29.1. The van der Waals surface area contributed by atoms with Crippen molar-refractivity contribution in [2.75, 3.05) is 42.3 Å². The Morgan fingerprint density at radius 3 is 2.65 bits per heavy atom. The maximum Gasteiger partial charge on any atom is 0.211 e. The molecule has 7 heteroatoms. The van der Waals surface area contributed by atoms with Gasteiger partial charge in [0.1, 0.15) is 0 Å². The molecule has 1 saturated heterocycles. The first-order chi connectivity index (χ1) is 9.58. The van der Waals surface area contributed by atoms with E-state index in [4.69, 9.17) is 4.74 Å². The largest absolute Gasteiger partial charge is 0.378 e.